The maximum atomic E-state index is 11.8. The van der Waals surface area contributed by atoms with Crippen molar-refractivity contribution in [2.75, 3.05) is 0 Å². The molecule has 0 N–H and O–H groups in total. The zero-order valence-corrected chi connectivity index (χ0v) is 11.3. The summed E-state index contributed by atoms with van der Waals surface area (Å²) in [5.74, 6) is 0. The van der Waals surface area contributed by atoms with Gasteiger partial charge in [0.1, 0.15) is 0 Å². The van der Waals surface area contributed by atoms with Crippen molar-refractivity contribution >= 4 is 15.9 Å². The fourth-order valence-corrected chi connectivity index (χ4v) is 1.98. The number of aromatic nitrogens is 4. The second-order valence-corrected chi connectivity index (χ2v) is 4.72. The van der Waals surface area contributed by atoms with Gasteiger partial charge in [-0.3, -0.25) is 0 Å². The third-order valence-corrected chi connectivity index (χ3v) is 3.12. The standard InChI is InChI=1S/C11H13BrN4O/c1-3-15-11(17)16(14-13-15)7-9-6-10(12)5-4-8(9)2/h4-6H,3,7H2,1-2H3. The lowest BCUT2D eigenvalue weighted by molar-refractivity contribution is 0.609. The van der Waals surface area contributed by atoms with Crippen LogP contribution in [0.1, 0.15) is 18.1 Å². The van der Waals surface area contributed by atoms with Gasteiger partial charge in [-0.2, -0.15) is 9.36 Å². The van der Waals surface area contributed by atoms with Crippen LogP contribution in [0.15, 0.2) is 27.5 Å². The van der Waals surface area contributed by atoms with E-state index in [4.69, 9.17) is 0 Å². The minimum absolute atomic E-state index is 0.174. The van der Waals surface area contributed by atoms with Crippen molar-refractivity contribution in [1.82, 2.24) is 19.8 Å². The van der Waals surface area contributed by atoms with E-state index >= 15 is 0 Å². The Morgan fingerprint density at radius 3 is 2.65 bits per heavy atom. The lowest BCUT2D eigenvalue weighted by Gasteiger charge is -2.04. The summed E-state index contributed by atoms with van der Waals surface area (Å²) in [4.78, 5) is 11.8. The van der Waals surface area contributed by atoms with Crippen LogP contribution in [0.3, 0.4) is 0 Å². The zero-order chi connectivity index (χ0) is 12.4. The van der Waals surface area contributed by atoms with E-state index in [1.807, 2.05) is 32.0 Å². The molecule has 0 aliphatic carbocycles. The van der Waals surface area contributed by atoms with Crippen molar-refractivity contribution in [3.63, 3.8) is 0 Å². The zero-order valence-electron chi connectivity index (χ0n) is 9.72. The molecule has 5 nitrogen and oxygen atoms in total. The van der Waals surface area contributed by atoms with Crippen molar-refractivity contribution < 1.29 is 0 Å². The number of nitrogens with zero attached hydrogens (tertiary/aromatic N) is 4. The molecule has 0 unspecified atom stereocenters. The molecule has 0 amide bonds. The van der Waals surface area contributed by atoms with Crippen LogP contribution < -0.4 is 5.69 Å². The molecule has 0 saturated heterocycles. The van der Waals surface area contributed by atoms with E-state index < -0.39 is 0 Å². The molecular formula is C11H13BrN4O. The molecule has 6 heteroatoms. The minimum Gasteiger partial charge on any atom is -0.244 e. The first-order chi connectivity index (χ1) is 8.11. The smallest absolute Gasteiger partial charge is 0.244 e. The van der Waals surface area contributed by atoms with Crippen LogP contribution in [0, 0.1) is 6.92 Å². The second-order valence-electron chi connectivity index (χ2n) is 3.81. The van der Waals surface area contributed by atoms with E-state index in [2.05, 4.69) is 26.4 Å². The van der Waals surface area contributed by atoms with Gasteiger partial charge >= 0.3 is 5.69 Å². The van der Waals surface area contributed by atoms with Crippen LogP contribution in [-0.4, -0.2) is 19.8 Å². The lowest BCUT2D eigenvalue weighted by atomic mass is 10.1. The van der Waals surface area contributed by atoms with E-state index in [-0.39, 0.29) is 5.69 Å². The van der Waals surface area contributed by atoms with Gasteiger partial charge in [0.2, 0.25) is 0 Å². The summed E-state index contributed by atoms with van der Waals surface area (Å²) >= 11 is 3.42. The predicted molar refractivity (Wildman–Crippen MR) is 67.9 cm³/mol. The predicted octanol–water partition coefficient (Wildman–Crippen LogP) is 1.58. The Labute approximate surface area is 107 Å². The number of benzene rings is 1. The van der Waals surface area contributed by atoms with Crippen molar-refractivity contribution in [2.45, 2.75) is 26.9 Å². The highest BCUT2D eigenvalue weighted by molar-refractivity contribution is 9.10. The molecule has 0 atom stereocenters. The van der Waals surface area contributed by atoms with E-state index in [1.165, 1.54) is 9.36 Å². The Hall–Kier alpha value is -1.43. The first kappa shape index (κ1) is 12.0. The third-order valence-electron chi connectivity index (χ3n) is 2.63. The normalized spacial score (nSPS) is 10.8. The number of rotatable bonds is 3. The minimum atomic E-state index is -0.174. The number of halogens is 1. The van der Waals surface area contributed by atoms with Crippen molar-refractivity contribution in [2.24, 2.45) is 0 Å². The Morgan fingerprint density at radius 2 is 2.00 bits per heavy atom. The highest BCUT2D eigenvalue weighted by Gasteiger charge is 2.07. The van der Waals surface area contributed by atoms with E-state index in [9.17, 15) is 4.79 Å². The molecule has 0 fully saturated rings. The molecule has 1 heterocycles. The summed E-state index contributed by atoms with van der Waals surface area (Å²) in [6.45, 7) is 4.86. The molecule has 2 aromatic rings. The maximum absolute atomic E-state index is 11.8. The Kier molecular flexibility index (Phi) is 3.42. The van der Waals surface area contributed by atoms with Crippen LogP contribution >= 0.6 is 15.9 Å². The van der Waals surface area contributed by atoms with Crippen LogP contribution in [0.4, 0.5) is 0 Å². The van der Waals surface area contributed by atoms with Gasteiger partial charge < -0.3 is 0 Å². The molecule has 0 radical (unpaired) electrons. The second kappa shape index (κ2) is 4.83. The average molecular weight is 297 g/mol. The van der Waals surface area contributed by atoms with Crippen LogP contribution in [0.2, 0.25) is 0 Å². The quantitative estimate of drug-likeness (QED) is 0.864. The number of tetrazole rings is 1. The number of aryl methyl sites for hydroxylation is 2. The van der Waals surface area contributed by atoms with Gasteiger partial charge in [-0.1, -0.05) is 22.0 Å². The van der Waals surface area contributed by atoms with Gasteiger partial charge in [-0.15, -0.1) is 0 Å². The van der Waals surface area contributed by atoms with Gasteiger partial charge in [-0.25, -0.2) is 4.79 Å². The summed E-state index contributed by atoms with van der Waals surface area (Å²) in [5, 5.41) is 7.64. The first-order valence-corrected chi connectivity index (χ1v) is 6.16. The molecule has 0 aliphatic rings. The first-order valence-electron chi connectivity index (χ1n) is 5.37. The van der Waals surface area contributed by atoms with E-state index in [0.29, 0.717) is 13.1 Å². The summed E-state index contributed by atoms with van der Waals surface area (Å²) in [6, 6.07) is 5.98. The average Bonchev–Trinajstić information content (AvgIpc) is 2.65. The monoisotopic (exact) mass is 296 g/mol. The van der Waals surface area contributed by atoms with Crippen molar-refractivity contribution in [3.8, 4) is 0 Å². The van der Waals surface area contributed by atoms with Crippen molar-refractivity contribution in [3.05, 3.63) is 44.3 Å². The molecule has 0 bridgehead atoms. The Balaban J connectivity index is 2.34. The molecule has 1 aromatic carbocycles. The van der Waals surface area contributed by atoms with Crippen LogP contribution in [-0.2, 0) is 13.1 Å². The molecule has 17 heavy (non-hydrogen) atoms. The fraction of sp³-hybridized carbons (Fsp3) is 0.364. The summed E-state index contributed by atoms with van der Waals surface area (Å²) in [6.07, 6.45) is 0. The molecule has 90 valence electrons. The maximum Gasteiger partial charge on any atom is 0.363 e. The molecule has 1 aromatic heterocycles. The highest BCUT2D eigenvalue weighted by Crippen LogP contribution is 2.16. The van der Waals surface area contributed by atoms with E-state index in [0.717, 1.165) is 15.6 Å². The third kappa shape index (κ3) is 2.46. The van der Waals surface area contributed by atoms with Gasteiger partial charge in [0.05, 0.1) is 6.54 Å². The summed E-state index contributed by atoms with van der Waals surface area (Å²) in [7, 11) is 0. The van der Waals surface area contributed by atoms with Gasteiger partial charge in [-0.05, 0) is 47.5 Å². The highest BCUT2D eigenvalue weighted by atomic mass is 79.9. The molecule has 0 spiro atoms. The SMILES string of the molecule is CCn1nnn(Cc2cc(Br)ccc2C)c1=O. The van der Waals surface area contributed by atoms with Gasteiger partial charge in [0, 0.05) is 11.0 Å². The lowest BCUT2D eigenvalue weighted by Crippen LogP contribution is -2.25. The molecule has 0 saturated carbocycles. The van der Waals surface area contributed by atoms with Crippen LogP contribution in [0.25, 0.3) is 0 Å². The largest absolute Gasteiger partial charge is 0.363 e. The number of hydrogen-bond donors (Lipinski definition) is 0. The summed E-state index contributed by atoms with van der Waals surface area (Å²) < 4.78 is 3.71. The van der Waals surface area contributed by atoms with Crippen LogP contribution in [0.5, 0.6) is 0 Å². The Morgan fingerprint density at radius 1 is 1.29 bits per heavy atom. The topological polar surface area (TPSA) is 52.7 Å². The molecular weight excluding hydrogens is 284 g/mol. The van der Waals surface area contributed by atoms with Crippen molar-refractivity contribution in [1.29, 1.82) is 0 Å². The summed E-state index contributed by atoms with van der Waals surface area (Å²) in [5.41, 5.74) is 2.02. The molecule has 0 aliphatic heterocycles. The van der Waals surface area contributed by atoms with Gasteiger partial charge in [0.15, 0.2) is 0 Å². The van der Waals surface area contributed by atoms with E-state index in [1.54, 1.807) is 0 Å². The Bertz CT molecular complexity index is 587. The van der Waals surface area contributed by atoms with Gasteiger partial charge in [0.25, 0.3) is 0 Å². The fourth-order valence-electron chi connectivity index (χ4n) is 1.58. The molecule has 2 rings (SSSR count). The number of hydrogen-bond acceptors (Lipinski definition) is 3.